The van der Waals surface area contributed by atoms with Gasteiger partial charge in [0.2, 0.25) is 11.6 Å². The molecule has 1 aromatic carbocycles. The molecule has 0 saturated carbocycles. The van der Waals surface area contributed by atoms with Gasteiger partial charge in [-0.2, -0.15) is 0 Å². The summed E-state index contributed by atoms with van der Waals surface area (Å²) in [7, 11) is 2.06. The number of hydrogen-bond acceptors (Lipinski definition) is 4. The van der Waals surface area contributed by atoms with Gasteiger partial charge < -0.3 is 9.80 Å². The number of benzene rings is 1. The van der Waals surface area contributed by atoms with Crippen molar-refractivity contribution in [3.8, 4) is 0 Å². The molecule has 21 heavy (non-hydrogen) atoms. The molecule has 0 bridgehead atoms. The first-order chi connectivity index (χ1) is 10.1. The van der Waals surface area contributed by atoms with Gasteiger partial charge in [-0.3, -0.25) is 9.59 Å². The van der Waals surface area contributed by atoms with Gasteiger partial charge in [0.05, 0.1) is 0 Å². The van der Waals surface area contributed by atoms with Crippen LogP contribution in [-0.2, 0) is 0 Å². The predicted molar refractivity (Wildman–Crippen MR) is 81.7 cm³/mol. The van der Waals surface area contributed by atoms with Crippen molar-refractivity contribution in [2.45, 2.75) is 6.42 Å². The standard InChI is InChI=1S/C16H17ClN2O2/c1-18-7-4-8-19(10-9-18)14-13(17)15(20)11-5-2-3-6-12(11)16(14)21/h2-3,5-6H,4,7-10H2,1H3. The zero-order chi connectivity index (χ0) is 15.0. The zero-order valence-electron chi connectivity index (χ0n) is 11.9. The normalized spacial score (nSPS) is 20.6. The molecule has 0 aromatic heterocycles. The van der Waals surface area contributed by atoms with Crippen molar-refractivity contribution in [2.75, 3.05) is 33.2 Å². The third-order valence-corrected chi connectivity index (χ3v) is 4.43. The van der Waals surface area contributed by atoms with Gasteiger partial charge in [-0.25, -0.2) is 0 Å². The number of hydrogen-bond donors (Lipinski definition) is 0. The quantitative estimate of drug-likeness (QED) is 0.797. The molecule has 0 radical (unpaired) electrons. The Morgan fingerprint density at radius 1 is 0.952 bits per heavy atom. The number of ketones is 2. The highest BCUT2D eigenvalue weighted by Gasteiger charge is 2.34. The molecule has 0 unspecified atom stereocenters. The molecule has 3 rings (SSSR count). The van der Waals surface area contributed by atoms with Gasteiger partial charge in [-0.15, -0.1) is 0 Å². The van der Waals surface area contributed by atoms with E-state index in [4.69, 9.17) is 11.6 Å². The van der Waals surface area contributed by atoms with Crippen LogP contribution in [0.5, 0.6) is 0 Å². The second-order valence-electron chi connectivity index (χ2n) is 5.51. The Morgan fingerprint density at radius 2 is 1.62 bits per heavy atom. The largest absolute Gasteiger partial charge is 0.366 e. The van der Waals surface area contributed by atoms with Crippen LogP contribution < -0.4 is 0 Å². The van der Waals surface area contributed by atoms with Crippen molar-refractivity contribution in [2.24, 2.45) is 0 Å². The fraction of sp³-hybridized carbons (Fsp3) is 0.375. The molecule has 1 heterocycles. The molecule has 0 atom stereocenters. The number of halogens is 1. The maximum absolute atomic E-state index is 12.7. The van der Waals surface area contributed by atoms with Gasteiger partial charge in [-0.05, 0) is 20.0 Å². The van der Waals surface area contributed by atoms with E-state index in [9.17, 15) is 9.59 Å². The molecule has 2 aliphatic rings. The highest BCUT2D eigenvalue weighted by Crippen LogP contribution is 2.30. The second-order valence-corrected chi connectivity index (χ2v) is 5.89. The van der Waals surface area contributed by atoms with E-state index < -0.39 is 0 Å². The Bertz CT molecular complexity index is 639. The van der Waals surface area contributed by atoms with Crippen molar-refractivity contribution < 1.29 is 9.59 Å². The van der Waals surface area contributed by atoms with Gasteiger partial charge >= 0.3 is 0 Å². The molecule has 1 fully saturated rings. The summed E-state index contributed by atoms with van der Waals surface area (Å²) in [6, 6.07) is 6.88. The van der Waals surface area contributed by atoms with Crippen molar-refractivity contribution in [1.29, 1.82) is 0 Å². The molecule has 0 N–H and O–H groups in total. The Kier molecular flexibility index (Phi) is 3.83. The number of carbonyl (C=O) groups excluding carboxylic acids is 2. The van der Waals surface area contributed by atoms with Crippen molar-refractivity contribution in [1.82, 2.24) is 9.80 Å². The summed E-state index contributed by atoms with van der Waals surface area (Å²) >= 11 is 6.23. The molecule has 1 saturated heterocycles. The van der Waals surface area contributed by atoms with Crippen LogP contribution in [0.15, 0.2) is 35.0 Å². The van der Waals surface area contributed by atoms with Crippen LogP contribution in [-0.4, -0.2) is 54.6 Å². The van der Waals surface area contributed by atoms with Crippen molar-refractivity contribution >= 4 is 23.2 Å². The van der Waals surface area contributed by atoms with E-state index >= 15 is 0 Å². The number of rotatable bonds is 1. The number of likely N-dealkylation sites (N-methyl/N-ethyl adjacent to an activating group) is 1. The van der Waals surface area contributed by atoms with Crippen LogP contribution in [0.4, 0.5) is 0 Å². The number of nitrogens with zero attached hydrogens (tertiary/aromatic N) is 2. The molecule has 110 valence electrons. The van der Waals surface area contributed by atoms with Crippen molar-refractivity contribution in [3.63, 3.8) is 0 Å². The van der Waals surface area contributed by atoms with E-state index in [0.717, 1.165) is 26.1 Å². The first kappa shape index (κ1) is 14.3. The van der Waals surface area contributed by atoms with Gasteiger partial charge in [0, 0.05) is 30.8 Å². The molecule has 4 nitrogen and oxygen atoms in total. The Balaban J connectivity index is 2.00. The lowest BCUT2D eigenvalue weighted by Crippen LogP contribution is -2.35. The third-order valence-electron chi connectivity index (χ3n) is 4.07. The highest BCUT2D eigenvalue weighted by atomic mass is 35.5. The summed E-state index contributed by atoms with van der Waals surface area (Å²) < 4.78 is 0. The van der Waals surface area contributed by atoms with E-state index in [2.05, 4.69) is 11.9 Å². The first-order valence-electron chi connectivity index (χ1n) is 7.11. The SMILES string of the molecule is CN1CCCN(C2=C(Cl)C(=O)c3ccccc3C2=O)CC1. The number of allylic oxidation sites excluding steroid dienone is 2. The molecule has 1 aliphatic carbocycles. The van der Waals surface area contributed by atoms with Crippen LogP contribution in [0.2, 0.25) is 0 Å². The van der Waals surface area contributed by atoms with Crippen LogP contribution in [0.1, 0.15) is 27.1 Å². The molecule has 1 aromatic rings. The lowest BCUT2D eigenvalue weighted by atomic mass is 9.92. The number of fused-ring (bicyclic) bond motifs is 1. The Hall–Kier alpha value is -1.65. The summed E-state index contributed by atoms with van der Waals surface area (Å²) in [4.78, 5) is 29.3. The van der Waals surface area contributed by atoms with E-state index in [1.807, 2.05) is 4.90 Å². The number of carbonyl (C=O) groups is 2. The summed E-state index contributed by atoms with van der Waals surface area (Å²) in [5.74, 6) is -0.390. The lowest BCUT2D eigenvalue weighted by Gasteiger charge is -2.28. The first-order valence-corrected chi connectivity index (χ1v) is 7.49. The van der Waals surface area contributed by atoms with E-state index in [0.29, 0.717) is 23.4 Å². The Morgan fingerprint density at radius 3 is 2.33 bits per heavy atom. The van der Waals surface area contributed by atoms with E-state index in [1.54, 1.807) is 24.3 Å². The highest BCUT2D eigenvalue weighted by molar-refractivity contribution is 6.49. The average Bonchev–Trinajstić information content (AvgIpc) is 2.70. The molecule has 0 spiro atoms. The van der Waals surface area contributed by atoms with E-state index in [1.165, 1.54) is 0 Å². The number of Topliss-reactive ketones (excluding diaryl/α,β-unsaturated/α-hetero) is 2. The van der Waals surface area contributed by atoms with Crippen LogP contribution >= 0.6 is 11.6 Å². The molecule has 0 amide bonds. The fourth-order valence-electron chi connectivity index (χ4n) is 2.88. The zero-order valence-corrected chi connectivity index (χ0v) is 12.7. The minimum absolute atomic E-state index is 0.0586. The van der Waals surface area contributed by atoms with Gasteiger partial charge in [0.1, 0.15) is 10.7 Å². The minimum Gasteiger partial charge on any atom is -0.366 e. The van der Waals surface area contributed by atoms with Crippen LogP contribution in [0.25, 0.3) is 0 Å². The molecule has 1 aliphatic heterocycles. The van der Waals surface area contributed by atoms with Gasteiger partial charge in [-0.1, -0.05) is 35.9 Å². The maximum Gasteiger partial charge on any atom is 0.211 e. The molecular weight excluding hydrogens is 288 g/mol. The fourth-order valence-corrected chi connectivity index (χ4v) is 3.19. The topological polar surface area (TPSA) is 40.6 Å². The minimum atomic E-state index is -0.250. The summed E-state index contributed by atoms with van der Waals surface area (Å²) in [6.45, 7) is 3.30. The maximum atomic E-state index is 12.7. The van der Waals surface area contributed by atoms with Gasteiger partial charge in [0.25, 0.3) is 0 Å². The van der Waals surface area contributed by atoms with Crippen LogP contribution in [0.3, 0.4) is 0 Å². The second kappa shape index (κ2) is 5.62. The lowest BCUT2D eigenvalue weighted by molar-refractivity contribution is 0.0948. The summed E-state index contributed by atoms with van der Waals surface area (Å²) in [5.41, 5.74) is 1.23. The van der Waals surface area contributed by atoms with Gasteiger partial charge in [0.15, 0.2) is 0 Å². The van der Waals surface area contributed by atoms with Crippen molar-refractivity contribution in [3.05, 3.63) is 46.1 Å². The summed E-state index contributed by atoms with van der Waals surface area (Å²) in [6.07, 6.45) is 0.952. The van der Waals surface area contributed by atoms with Crippen LogP contribution in [0, 0.1) is 0 Å². The summed E-state index contributed by atoms with van der Waals surface area (Å²) in [5, 5.41) is 0.0586. The molecule has 5 heteroatoms. The molecular formula is C16H17ClN2O2. The third kappa shape index (κ3) is 2.49. The Labute approximate surface area is 129 Å². The smallest absolute Gasteiger partial charge is 0.211 e. The van der Waals surface area contributed by atoms with E-state index in [-0.39, 0.29) is 16.6 Å². The average molecular weight is 305 g/mol. The monoisotopic (exact) mass is 304 g/mol. The predicted octanol–water partition coefficient (Wildman–Crippen LogP) is 2.15.